The minimum atomic E-state index is -0.478. The summed E-state index contributed by atoms with van der Waals surface area (Å²) in [6.07, 6.45) is 5.06. The summed E-state index contributed by atoms with van der Waals surface area (Å²) in [5, 5.41) is 1.59. The number of hydrogen-bond acceptors (Lipinski definition) is 4. The molecule has 2 atom stereocenters. The third kappa shape index (κ3) is 2.98. The molecule has 0 heterocycles. The lowest BCUT2D eigenvalue weighted by Crippen LogP contribution is -2.20. The average Bonchev–Trinajstić information content (AvgIpc) is 3.23. The Kier molecular flexibility index (Phi) is 4.60. The molecule has 4 heteroatoms. The van der Waals surface area contributed by atoms with E-state index in [1.165, 1.54) is 6.08 Å². The molecular weight excluding hydrogens is 364 g/mol. The molecule has 0 saturated heterocycles. The van der Waals surface area contributed by atoms with Gasteiger partial charge in [0.25, 0.3) is 0 Å². The lowest BCUT2D eigenvalue weighted by atomic mass is 9.78. The molecule has 4 rings (SSSR count). The lowest BCUT2D eigenvalue weighted by Gasteiger charge is -2.29. The standard InChI is InChI=1S/C25H26O4/c1-6-15-8-9-17-18(12-15)23(28-19(26)7-2)21-20(16-10-11-25(21,5)13-16)22(17)29-24(27)14(3)4/h7-9,12,16H,2-3,6,10-11,13H2,1,4-5H3. The summed E-state index contributed by atoms with van der Waals surface area (Å²) in [5.74, 6) is 0.567. The largest absolute Gasteiger partial charge is 0.422 e. The smallest absolute Gasteiger partial charge is 0.338 e. The Morgan fingerprint density at radius 3 is 2.66 bits per heavy atom. The van der Waals surface area contributed by atoms with Crippen LogP contribution in [0.4, 0.5) is 0 Å². The lowest BCUT2D eigenvalue weighted by molar-refractivity contribution is -0.130. The number of esters is 2. The third-order valence-electron chi connectivity index (χ3n) is 6.39. The molecule has 2 bridgehead atoms. The zero-order valence-corrected chi connectivity index (χ0v) is 17.3. The number of carbonyl (C=O) groups excluding carboxylic acids is 2. The SMILES string of the molecule is C=CC(=O)Oc1c2c(c(OC(=O)C(=C)C)c3ccc(CC)cc13)C1CCC2(C)C1. The van der Waals surface area contributed by atoms with Crippen molar-refractivity contribution in [1.82, 2.24) is 0 Å². The van der Waals surface area contributed by atoms with Gasteiger partial charge in [-0.15, -0.1) is 0 Å². The van der Waals surface area contributed by atoms with Crippen molar-refractivity contribution in [2.24, 2.45) is 0 Å². The maximum absolute atomic E-state index is 12.5. The van der Waals surface area contributed by atoms with Crippen LogP contribution in [0, 0.1) is 0 Å². The van der Waals surface area contributed by atoms with Gasteiger partial charge in [0.05, 0.1) is 0 Å². The van der Waals surface area contributed by atoms with Gasteiger partial charge in [-0.05, 0) is 55.6 Å². The Balaban J connectivity index is 2.08. The van der Waals surface area contributed by atoms with E-state index in [0.29, 0.717) is 23.0 Å². The first kappa shape index (κ1) is 19.4. The Labute approximate surface area is 171 Å². The fraction of sp³-hybridized carbons (Fsp3) is 0.360. The van der Waals surface area contributed by atoms with E-state index in [0.717, 1.165) is 53.1 Å². The van der Waals surface area contributed by atoms with Crippen LogP contribution in [0.3, 0.4) is 0 Å². The van der Waals surface area contributed by atoms with Gasteiger partial charge in [-0.25, -0.2) is 9.59 Å². The van der Waals surface area contributed by atoms with Crippen LogP contribution in [0.5, 0.6) is 11.5 Å². The fourth-order valence-electron chi connectivity index (χ4n) is 4.95. The van der Waals surface area contributed by atoms with Crippen LogP contribution in [0.2, 0.25) is 0 Å². The highest BCUT2D eigenvalue weighted by molar-refractivity contribution is 6.02. The number of benzene rings is 2. The van der Waals surface area contributed by atoms with E-state index in [1.54, 1.807) is 6.92 Å². The molecule has 0 aromatic heterocycles. The summed E-state index contributed by atoms with van der Waals surface area (Å²) < 4.78 is 11.7. The van der Waals surface area contributed by atoms with Crippen molar-refractivity contribution >= 4 is 22.7 Å². The molecule has 4 nitrogen and oxygen atoms in total. The number of rotatable bonds is 5. The first-order valence-electron chi connectivity index (χ1n) is 10.1. The van der Waals surface area contributed by atoms with Crippen molar-refractivity contribution in [3.8, 4) is 11.5 Å². The van der Waals surface area contributed by atoms with Crippen molar-refractivity contribution in [2.75, 3.05) is 0 Å². The van der Waals surface area contributed by atoms with Gasteiger partial charge in [-0.3, -0.25) is 0 Å². The van der Waals surface area contributed by atoms with Gasteiger partial charge in [-0.1, -0.05) is 39.1 Å². The van der Waals surface area contributed by atoms with E-state index in [9.17, 15) is 9.59 Å². The Hall–Kier alpha value is -2.88. The van der Waals surface area contributed by atoms with Gasteiger partial charge in [-0.2, -0.15) is 0 Å². The molecule has 0 N–H and O–H groups in total. The van der Waals surface area contributed by atoms with Crippen LogP contribution in [-0.2, 0) is 21.4 Å². The molecule has 0 aliphatic heterocycles. The van der Waals surface area contributed by atoms with Crippen LogP contribution in [0.25, 0.3) is 10.8 Å². The normalized spacial score (nSPS) is 21.7. The van der Waals surface area contributed by atoms with E-state index in [4.69, 9.17) is 9.47 Å². The second-order valence-electron chi connectivity index (χ2n) is 8.48. The maximum Gasteiger partial charge on any atom is 0.338 e. The molecule has 2 unspecified atom stereocenters. The molecule has 150 valence electrons. The van der Waals surface area contributed by atoms with Gasteiger partial charge in [0.2, 0.25) is 0 Å². The molecule has 1 saturated carbocycles. The van der Waals surface area contributed by atoms with Gasteiger partial charge < -0.3 is 9.47 Å². The molecular formula is C25H26O4. The van der Waals surface area contributed by atoms with E-state index in [-0.39, 0.29) is 5.41 Å². The fourth-order valence-corrected chi connectivity index (χ4v) is 4.95. The van der Waals surface area contributed by atoms with Crippen LogP contribution in [0.15, 0.2) is 43.0 Å². The van der Waals surface area contributed by atoms with Crippen LogP contribution < -0.4 is 9.47 Å². The zero-order chi connectivity index (χ0) is 20.9. The van der Waals surface area contributed by atoms with Crippen LogP contribution in [0.1, 0.15) is 62.6 Å². The van der Waals surface area contributed by atoms with E-state index < -0.39 is 11.9 Å². The number of ether oxygens (including phenoxy) is 2. The summed E-state index contributed by atoms with van der Waals surface area (Å²) >= 11 is 0. The second kappa shape index (κ2) is 6.87. The van der Waals surface area contributed by atoms with Gasteiger partial charge in [0, 0.05) is 33.5 Å². The summed E-state index contributed by atoms with van der Waals surface area (Å²) in [6.45, 7) is 13.2. The van der Waals surface area contributed by atoms with E-state index in [1.807, 2.05) is 18.2 Å². The van der Waals surface area contributed by atoms with Crippen molar-refractivity contribution < 1.29 is 19.1 Å². The highest BCUT2D eigenvalue weighted by atomic mass is 16.5. The number of hydrogen-bond donors (Lipinski definition) is 0. The van der Waals surface area contributed by atoms with E-state index in [2.05, 4.69) is 27.0 Å². The molecule has 0 amide bonds. The van der Waals surface area contributed by atoms with Crippen LogP contribution in [-0.4, -0.2) is 11.9 Å². The van der Waals surface area contributed by atoms with Crippen molar-refractivity contribution in [3.63, 3.8) is 0 Å². The number of fused-ring (bicyclic) bond motifs is 6. The highest BCUT2D eigenvalue weighted by Crippen LogP contribution is 2.64. The van der Waals surface area contributed by atoms with Crippen molar-refractivity contribution in [2.45, 2.75) is 57.8 Å². The molecule has 0 radical (unpaired) electrons. The van der Waals surface area contributed by atoms with Gasteiger partial charge >= 0.3 is 11.9 Å². The summed E-state index contributed by atoms with van der Waals surface area (Å²) in [7, 11) is 0. The summed E-state index contributed by atoms with van der Waals surface area (Å²) in [4.78, 5) is 24.7. The predicted molar refractivity (Wildman–Crippen MR) is 114 cm³/mol. The topological polar surface area (TPSA) is 52.6 Å². The Morgan fingerprint density at radius 1 is 1.24 bits per heavy atom. The quantitative estimate of drug-likeness (QED) is 0.383. The van der Waals surface area contributed by atoms with Gasteiger partial charge in [0.1, 0.15) is 11.5 Å². The first-order chi connectivity index (χ1) is 13.8. The molecule has 1 fully saturated rings. The summed E-state index contributed by atoms with van der Waals surface area (Å²) in [6, 6.07) is 6.03. The highest BCUT2D eigenvalue weighted by Gasteiger charge is 2.50. The van der Waals surface area contributed by atoms with Gasteiger partial charge in [0.15, 0.2) is 0 Å². The predicted octanol–water partition coefficient (Wildman–Crippen LogP) is 5.51. The first-order valence-corrected chi connectivity index (χ1v) is 10.1. The molecule has 2 aliphatic carbocycles. The Morgan fingerprint density at radius 2 is 2.00 bits per heavy atom. The number of carbonyl (C=O) groups is 2. The van der Waals surface area contributed by atoms with Crippen LogP contribution >= 0.6 is 0 Å². The maximum atomic E-state index is 12.5. The average molecular weight is 390 g/mol. The second-order valence-corrected chi connectivity index (χ2v) is 8.48. The molecule has 0 spiro atoms. The Bertz CT molecular complexity index is 1080. The molecule has 2 aromatic carbocycles. The third-order valence-corrected chi connectivity index (χ3v) is 6.39. The van der Waals surface area contributed by atoms with Crippen molar-refractivity contribution in [1.29, 1.82) is 0 Å². The number of aryl methyl sites for hydroxylation is 1. The molecule has 2 aliphatic rings. The van der Waals surface area contributed by atoms with Crippen molar-refractivity contribution in [3.05, 3.63) is 59.7 Å². The minimum absolute atomic E-state index is 0.0996. The molecule has 2 aromatic rings. The monoisotopic (exact) mass is 390 g/mol. The zero-order valence-electron chi connectivity index (χ0n) is 17.3. The molecule has 29 heavy (non-hydrogen) atoms. The van der Waals surface area contributed by atoms with E-state index >= 15 is 0 Å². The minimum Gasteiger partial charge on any atom is -0.422 e. The summed E-state index contributed by atoms with van der Waals surface area (Å²) in [5.41, 5.74) is 3.40.